The van der Waals surface area contributed by atoms with Crippen molar-refractivity contribution in [2.45, 2.75) is 13.1 Å². The molecule has 0 aromatic heterocycles. The van der Waals surface area contributed by atoms with Gasteiger partial charge in [0, 0.05) is 0 Å². The molecule has 188 valence electrons. The van der Waals surface area contributed by atoms with Gasteiger partial charge in [-0.05, 0) is 54.6 Å². The Labute approximate surface area is 208 Å². The normalized spacial score (nSPS) is 16.7. The number of halogens is 3. The van der Waals surface area contributed by atoms with Gasteiger partial charge in [-0.2, -0.15) is 28.3 Å². The maximum Gasteiger partial charge on any atom is 0.441 e. The summed E-state index contributed by atoms with van der Waals surface area (Å²) >= 11 is 0.211. The molecule has 12 heteroatoms. The summed E-state index contributed by atoms with van der Waals surface area (Å²) in [5, 5.41) is 10.8. The van der Waals surface area contributed by atoms with E-state index >= 15 is 0 Å². The average Bonchev–Trinajstić information content (AvgIpc) is 3.28. The zero-order valence-electron chi connectivity index (χ0n) is 19.0. The molecule has 0 fully saturated rings. The highest BCUT2D eigenvalue weighted by molar-refractivity contribution is 8.27. The summed E-state index contributed by atoms with van der Waals surface area (Å²) in [5.74, 6) is 0.0742. The van der Waals surface area contributed by atoms with Crippen LogP contribution in [0.2, 0.25) is 0 Å². The minimum atomic E-state index is -4.69. The van der Waals surface area contributed by atoms with E-state index in [1.54, 1.807) is 24.3 Å². The molecule has 4 rings (SSSR count). The van der Waals surface area contributed by atoms with Crippen LogP contribution in [-0.4, -0.2) is 59.6 Å². The van der Waals surface area contributed by atoms with E-state index in [1.165, 1.54) is 6.08 Å². The van der Waals surface area contributed by atoms with Crippen molar-refractivity contribution in [1.29, 1.82) is 5.41 Å². The first-order valence-electron chi connectivity index (χ1n) is 10.8. The Morgan fingerprint density at radius 3 is 2.14 bits per heavy atom. The molecule has 1 amide bonds. The molecule has 36 heavy (non-hydrogen) atoms. The second kappa shape index (κ2) is 11.0. The summed E-state index contributed by atoms with van der Waals surface area (Å²) in [6, 6.07) is 14.4. The molecule has 0 spiro atoms. The summed E-state index contributed by atoms with van der Waals surface area (Å²) < 4.78 is 55.4. The van der Waals surface area contributed by atoms with E-state index in [1.807, 2.05) is 31.2 Å². The molecule has 0 aliphatic carbocycles. The van der Waals surface area contributed by atoms with Gasteiger partial charge in [-0.25, -0.2) is 0 Å². The predicted octanol–water partition coefficient (Wildman–Crippen LogP) is 4.65. The Morgan fingerprint density at radius 2 is 1.56 bits per heavy atom. The topological polar surface area (TPSA) is 96.6 Å². The molecule has 1 N–H and O–H groups in total. The summed E-state index contributed by atoms with van der Waals surface area (Å²) in [6.07, 6.45) is -3.31. The highest BCUT2D eigenvalue weighted by Crippen LogP contribution is 2.35. The number of hydrazone groups is 1. The Morgan fingerprint density at radius 1 is 0.972 bits per heavy atom. The number of hydrogen-bond acceptors (Lipinski definition) is 7. The number of carbonyl (C=O) groups excluding carboxylic acids is 1. The van der Waals surface area contributed by atoms with Crippen molar-refractivity contribution in [2.75, 3.05) is 26.4 Å². The van der Waals surface area contributed by atoms with E-state index < -0.39 is 23.0 Å². The van der Waals surface area contributed by atoms with Gasteiger partial charge in [0.25, 0.3) is 5.91 Å². The van der Waals surface area contributed by atoms with Gasteiger partial charge in [-0.1, -0.05) is 29.8 Å². The monoisotopic (exact) mass is 518 g/mol. The number of amidine groups is 2. The van der Waals surface area contributed by atoms with Crippen LogP contribution in [0.15, 0.2) is 64.2 Å². The minimum absolute atomic E-state index is 0.165. The molecule has 8 nitrogen and oxygen atoms in total. The number of alkyl halides is 3. The standard InChI is InChI=1S/C24H21F3N4O4S/c1-15-2-6-17(7-3-15)34-12-10-33-11-13-35-18-8-4-16(5-9-18)14-19-20(28)31-23(29-21(19)32)36-22(30-31)24(25,26)27/h2-9,14,28H,10-13H2,1H3/b19-14-,28-20?. The number of benzene rings is 2. The third-order valence-corrected chi connectivity index (χ3v) is 5.86. The van der Waals surface area contributed by atoms with E-state index in [0.29, 0.717) is 42.7 Å². The molecule has 2 heterocycles. The van der Waals surface area contributed by atoms with Crippen LogP contribution in [0, 0.1) is 12.3 Å². The third-order valence-electron chi connectivity index (χ3n) is 4.90. The first-order valence-corrected chi connectivity index (χ1v) is 11.6. The number of carbonyl (C=O) groups is 1. The molecule has 0 saturated carbocycles. The van der Waals surface area contributed by atoms with Crippen LogP contribution in [0.5, 0.6) is 11.5 Å². The largest absolute Gasteiger partial charge is 0.491 e. The van der Waals surface area contributed by atoms with Crippen LogP contribution in [0.25, 0.3) is 6.08 Å². The number of rotatable bonds is 9. The fourth-order valence-corrected chi connectivity index (χ4v) is 3.87. The molecular weight excluding hydrogens is 497 g/mol. The number of aliphatic imine (C=N–C) groups is 1. The van der Waals surface area contributed by atoms with Gasteiger partial charge in [0.1, 0.15) is 24.7 Å². The molecule has 0 bridgehead atoms. The highest BCUT2D eigenvalue weighted by atomic mass is 32.2. The van der Waals surface area contributed by atoms with Gasteiger partial charge in [0.2, 0.25) is 10.2 Å². The molecule has 0 radical (unpaired) electrons. The molecule has 0 unspecified atom stereocenters. The Hall–Kier alpha value is -3.64. The van der Waals surface area contributed by atoms with Crippen molar-refractivity contribution in [3.8, 4) is 11.5 Å². The summed E-state index contributed by atoms with van der Waals surface area (Å²) in [6.45, 7) is 3.52. The van der Waals surface area contributed by atoms with Crippen LogP contribution in [0.3, 0.4) is 0 Å². The Balaban J connectivity index is 1.24. The van der Waals surface area contributed by atoms with Crippen molar-refractivity contribution >= 4 is 39.8 Å². The van der Waals surface area contributed by atoms with Crippen molar-refractivity contribution in [1.82, 2.24) is 5.01 Å². The van der Waals surface area contributed by atoms with E-state index in [9.17, 15) is 18.0 Å². The Kier molecular flexibility index (Phi) is 7.75. The highest BCUT2D eigenvalue weighted by Gasteiger charge is 2.46. The average molecular weight is 519 g/mol. The number of nitrogens with one attached hydrogen (secondary N) is 1. The molecule has 2 aliphatic rings. The lowest BCUT2D eigenvalue weighted by atomic mass is 10.1. The van der Waals surface area contributed by atoms with E-state index in [2.05, 4.69) is 10.1 Å². The van der Waals surface area contributed by atoms with Crippen LogP contribution < -0.4 is 9.47 Å². The van der Waals surface area contributed by atoms with Crippen LogP contribution in [0.4, 0.5) is 13.2 Å². The third kappa shape index (κ3) is 6.32. The number of fused-ring (bicyclic) bond motifs is 1. The maximum atomic E-state index is 12.9. The van der Waals surface area contributed by atoms with E-state index in [0.717, 1.165) is 11.3 Å². The molecule has 2 aliphatic heterocycles. The fraction of sp³-hybridized carbons (Fsp3) is 0.250. The predicted molar refractivity (Wildman–Crippen MR) is 130 cm³/mol. The molecule has 0 atom stereocenters. The smallest absolute Gasteiger partial charge is 0.441 e. The second-order valence-electron chi connectivity index (χ2n) is 7.61. The molecule has 0 saturated heterocycles. The van der Waals surface area contributed by atoms with E-state index in [-0.39, 0.29) is 22.5 Å². The van der Waals surface area contributed by atoms with Crippen molar-refractivity contribution < 1.29 is 32.2 Å². The van der Waals surface area contributed by atoms with E-state index in [4.69, 9.17) is 19.6 Å². The fourth-order valence-electron chi connectivity index (χ4n) is 3.11. The zero-order chi connectivity index (χ0) is 25.7. The van der Waals surface area contributed by atoms with Crippen molar-refractivity contribution in [3.63, 3.8) is 0 Å². The van der Waals surface area contributed by atoms with Crippen LogP contribution in [-0.2, 0) is 9.53 Å². The maximum absolute atomic E-state index is 12.9. The number of nitrogens with zero attached hydrogens (tertiary/aromatic N) is 3. The number of amides is 1. The van der Waals surface area contributed by atoms with Crippen molar-refractivity contribution in [2.24, 2.45) is 10.1 Å². The summed E-state index contributed by atoms with van der Waals surface area (Å²) in [4.78, 5) is 15.9. The van der Waals surface area contributed by atoms with Crippen LogP contribution in [0.1, 0.15) is 11.1 Å². The van der Waals surface area contributed by atoms with Gasteiger partial charge in [0.05, 0.1) is 18.8 Å². The van der Waals surface area contributed by atoms with Gasteiger partial charge >= 0.3 is 6.18 Å². The molecule has 2 aromatic carbocycles. The number of ether oxygens (including phenoxy) is 3. The summed E-state index contributed by atoms with van der Waals surface area (Å²) in [7, 11) is 0. The molecular formula is C24H21F3N4O4S. The first-order chi connectivity index (χ1) is 17.2. The second-order valence-corrected chi connectivity index (χ2v) is 8.57. The number of aryl methyl sites for hydroxylation is 1. The minimum Gasteiger partial charge on any atom is -0.491 e. The number of hydrogen-bond donors (Lipinski definition) is 1. The lowest BCUT2D eigenvalue weighted by Crippen LogP contribution is -2.35. The molecule has 2 aromatic rings. The first kappa shape index (κ1) is 25.5. The van der Waals surface area contributed by atoms with Gasteiger partial charge in [-0.15, -0.1) is 0 Å². The lowest BCUT2D eigenvalue weighted by Gasteiger charge is -2.20. The van der Waals surface area contributed by atoms with Gasteiger partial charge in [0.15, 0.2) is 5.84 Å². The van der Waals surface area contributed by atoms with Gasteiger partial charge < -0.3 is 14.2 Å². The van der Waals surface area contributed by atoms with Crippen molar-refractivity contribution in [3.05, 3.63) is 65.2 Å². The van der Waals surface area contributed by atoms with Gasteiger partial charge in [-0.3, -0.25) is 10.2 Å². The quantitative estimate of drug-likeness (QED) is 0.384. The lowest BCUT2D eigenvalue weighted by molar-refractivity contribution is -0.114. The Bertz CT molecular complexity index is 1230. The summed E-state index contributed by atoms with van der Waals surface area (Å²) in [5.41, 5.74) is 1.54. The SMILES string of the molecule is Cc1ccc(OCCOCCOc2ccc(/C=C3/C(=N)N4N=C(C(F)(F)F)SC4=NC3=O)cc2)cc1. The zero-order valence-corrected chi connectivity index (χ0v) is 19.9. The number of thioether (sulfide) groups is 1. The van der Waals surface area contributed by atoms with Crippen LogP contribution >= 0.6 is 11.8 Å².